The molecule has 0 radical (unpaired) electrons. The van der Waals surface area contributed by atoms with Crippen molar-refractivity contribution in [3.05, 3.63) is 101 Å². The lowest BCUT2D eigenvalue weighted by Crippen LogP contribution is -2.33. The van der Waals surface area contributed by atoms with Gasteiger partial charge in [0, 0.05) is 22.0 Å². The first kappa shape index (κ1) is 24.4. The van der Waals surface area contributed by atoms with Crippen LogP contribution in [0.3, 0.4) is 0 Å². The second-order valence-corrected chi connectivity index (χ2v) is 9.96. The third kappa shape index (κ3) is 5.29. The predicted octanol–water partition coefficient (Wildman–Crippen LogP) is 7.83. The molecule has 0 aliphatic carbocycles. The van der Waals surface area contributed by atoms with E-state index in [4.69, 9.17) is 19.3 Å². The molecule has 2 aliphatic rings. The van der Waals surface area contributed by atoms with Crippen LogP contribution in [0.5, 0.6) is 17.2 Å². The first-order valence-corrected chi connectivity index (χ1v) is 13.3. The zero-order valence-corrected chi connectivity index (χ0v) is 22.1. The van der Waals surface area contributed by atoms with Gasteiger partial charge in [0.15, 0.2) is 0 Å². The minimum absolute atomic E-state index is 0.0907. The molecule has 2 heterocycles. The summed E-state index contributed by atoms with van der Waals surface area (Å²) in [6.07, 6.45) is 5.68. The first-order chi connectivity index (χ1) is 17.7. The van der Waals surface area contributed by atoms with E-state index in [1.165, 1.54) is 12.8 Å². The van der Waals surface area contributed by atoms with E-state index in [0.717, 1.165) is 63.6 Å². The third-order valence-corrected chi connectivity index (χ3v) is 6.98. The van der Waals surface area contributed by atoms with Crippen LogP contribution in [0.4, 0.5) is 0 Å². The molecule has 6 heteroatoms. The fourth-order valence-corrected chi connectivity index (χ4v) is 5.00. The maximum atomic E-state index is 6.52. The summed E-state index contributed by atoms with van der Waals surface area (Å²) in [6, 6.07) is 22.6. The van der Waals surface area contributed by atoms with Gasteiger partial charge < -0.3 is 14.2 Å². The zero-order chi connectivity index (χ0) is 24.9. The monoisotopic (exact) mass is 546 g/mol. The van der Waals surface area contributed by atoms with Crippen LogP contribution in [-0.2, 0) is 0 Å². The van der Waals surface area contributed by atoms with Crippen molar-refractivity contribution in [2.45, 2.75) is 44.9 Å². The van der Waals surface area contributed by atoms with Crippen LogP contribution in [0.1, 0.15) is 61.6 Å². The van der Waals surface area contributed by atoms with Gasteiger partial charge in [-0.2, -0.15) is 5.10 Å². The standard InChI is InChI=1S/C30H31BrN2O3/c1-3-5-6-18-35-25-14-9-22(10-15-25)30-33-28(26-19-23(31)11-16-29(26)36-30)20-27(32-33)21-7-12-24(13-8-21)34-17-4-2/h4,7-16,19,28,30H,2-3,5-6,17-18,20H2,1H3/t28-,30-/m0/s1. The molecule has 3 aromatic rings. The summed E-state index contributed by atoms with van der Waals surface area (Å²) in [4.78, 5) is 0. The normalized spacial score (nSPS) is 18.1. The van der Waals surface area contributed by atoms with E-state index in [1.807, 2.05) is 36.4 Å². The predicted molar refractivity (Wildman–Crippen MR) is 147 cm³/mol. The molecule has 0 amide bonds. The molecule has 186 valence electrons. The van der Waals surface area contributed by atoms with Gasteiger partial charge in [-0.15, -0.1) is 0 Å². The molecule has 0 spiro atoms. The van der Waals surface area contributed by atoms with Crippen molar-refractivity contribution < 1.29 is 14.2 Å². The second kappa shape index (κ2) is 11.2. The summed E-state index contributed by atoms with van der Waals surface area (Å²) in [5, 5.41) is 7.17. The van der Waals surface area contributed by atoms with Crippen molar-refractivity contribution in [2.75, 3.05) is 13.2 Å². The number of fused-ring (bicyclic) bond motifs is 3. The molecule has 2 atom stereocenters. The molecule has 0 fully saturated rings. The van der Waals surface area contributed by atoms with E-state index in [-0.39, 0.29) is 12.3 Å². The molecule has 0 N–H and O–H groups in total. The second-order valence-electron chi connectivity index (χ2n) is 9.05. The minimum Gasteiger partial charge on any atom is -0.494 e. The molecule has 0 unspecified atom stereocenters. The van der Waals surface area contributed by atoms with Gasteiger partial charge in [-0.25, -0.2) is 5.01 Å². The summed E-state index contributed by atoms with van der Waals surface area (Å²) >= 11 is 3.63. The van der Waals surface area contributed by atoms with Gasteiger partial charge in [0.25, 0.3) is 0 Å². The molecular formula is C30H31BrN2O3. The van der Waals surface area contributed by atoms with Crippen LogP contribution in [0.15, 0.2) is 89.0 Å². The number of benzene rings is 3. The van der Waals surface area contributed by atoms with Crippen LogP contribution < -0.4 is 14.2 Å². The Morgan fingerprint density at radius 1 is 1.03 bits per heavy atom. The van der Waals surface area contributed by atoms with Gasteiger partial charge >= 0.3 is 0 Å². The van der Waals surface area contributed by atoms with E-state index >= 15 is 0 Å². The Labute approximate surface area is 221 Å². The van der Waals surface area contributed by atoms with Crippen LogP contribution in [0, 0.1) is 0 Å². The maximum Gasteiger partial charge on any atom is 0.213 e. The Morgan fingerprint density at radius 3 is 2.53 bits per heavy atom. The summed E-state index contributed by atoms with van der Waals surface area (Å²) < 4.78 is 19.1. The van der Waals surface area contributed by atoms with E-state index in [1.54, 1.807) is 6.08 Å². The summed E-state index contributed by atoms with van der Waals surface area (Å²) in [6.45, 7) is 7.14. The van der Waals surface area contributed by atoms with Crippen LogP contribution >= 0.6 is 15.9 Å². The van der Waals surface area contributed by atoms with E-state index in [2.05, 4.69) is 64.8 Å². The Kier molecular flexibility index (Phi) is 7.61. The molecule has 0 saturated heterocycles. The molecule has 0 saturated carbocycles. The van der Waals surface area contributed by atoms with E-state index < -0.39 is 0 Å². The highest BCUT2D eigenvalue weighted by atomic mass is 79.9. The summed E-state index contributed by atoms with van der Waals surface area (Å²) in [7, 11) is 0. The lowest BCUT2D eigenvalue weighted by molar-refractivity contribution is -0.0191. The van der Waals surface area contributed by atoms with Gasteiger partial charge in [-0.1, -0.05) is 48.4 Å². The van der Waals surface area contributed by atoms with Crippen molar-refractivity contribution in [2.24, 2.45) is 5.10 Å². The third-order valence-electron chi connectivity index (χ3n) is 6.49. The highest BCUT2D eigenvalue weighted by Crippen LogP contribution is 2.48. The summed E-state index contributed by atoms with van der Waals surface area (Å²) in [5.74, 6) is 2.60. The molecule has 3 aromatic carbocycles. The molecule has 5 nitrogen and oxygen atoms in total. The molecule has 2 aliphatic heterocycles. The Morgan fingerprint density at radius 2 is 1.78 bits per heavy atom. The van der Waals surface area contributed by atoms with Crippen molar-refractivity contribution in [3.63, 3.8) is 0 Å². The lowest BCUT2D eigenvalue weighted by atomic mass is 9.96. The fraction of sp³-hybridized carbons (Fsp3) is 0.300. The molecule has 0 bridgehead atoms. The van der Waals surface area contributed by atoms with Crippen molar-refractivity contribution in [1.82, 2.24) is 5.01 Å². The number of ether oxygens (including phenoxy) is 3. The Bertz CT molecular complexity index is 1220. The average molecular weight is 547 g/mol. The topological polar surface area (TPSA) is 43.3 Å². The molecule has 0 aromatic heterocycles. The number of hydrogen-bond acceptors (Lipinski definition) is 5. The van der Waals surface area contributed by atoms with Crippen molar-refractivity contribution in [3.8, 4) is 17.2 Å². The Hall–Kier alpha value is -3.25. The summed E-state index contributed by atoms with van der Waals surface area (Å²) in [5.41, 5.74) is 4.31. The van der Waals surface area contributed by atoms with Crippen LogP contribution in [-0.4, -0.2) is 23.9 Å². The van der Waals surface area contributed by atoms with E-state index in [0.29, 0.717) is 6.61 Å². The molecule has 36 heavy (non-hydrogen) atoms. The van der Waals surface area contributed by atoms with Crippen LogP contribution in [0.2, 0.25) is 0 Å². The molecular weight excluding hydrogens is 516 g/mol. The largest absolute Gasteiger partial charge is 0.494 e. The minimum atomic E-state index is -0.314. The number of hydrazone groups is 1. The molecule has 5 rings (SSSR count). The average Bonchev–Trinajstić information content (AvgIpc) is 3.36. The first-order valence-electron chi connectivity index (χ1n) is 12.5. The smallest absolute Gasteiger partial charge is 0.213 e. The fourth-order valence-electron chi connectivity index (χ4n) is 4.62. The number of halogens is 1. The van der Waals surface area contributed by atoms with Gasteiger partial charge in [0.2, 0.25) is 6.23 Å². The number of hydrogen-bond donors (Lipinski definition) is 0. The van der Waals surface area contributed by atoms with E-state index in [9.17, 15) is 0 Å². The highest BCUT2D eigenvalue weighted by molar-refractivity contribution is 9.10. The van der Waals surface area contributed by atoms with Gasteiger partial charge in [-0.05, 0) is 78.7 Å². The maximum absolute atomic E-state index is 6.52. The number of rotatable bonds is 10. The quantitative estimate of drug-likeness (QED) is 0.192. The van der Waals surface area contributed by atoms with Gasteiger partial charge in [-0.3, -0.25) is 0 Å². The van der Waals surface area contributed by atoms with Gasteiger partial charge in [0.1, 0.15) is 23.9 Å². The highest BCUT2D eigenvalue weighted by Gasteiger charge is 2.41. The van der Waals surface area contributed by atoms with Gasteiger partial charge in [0.05, 0.1) is 18.4 Å². The van der Waals surface area contributed by atoms with Crippen molar-refractivity contribution >= 4 is 21.6 Å². The zero-order valence-electron chi connectivity index (χ0n) is 20.5. The number of nitrogens with zero attached hydrogens (tertiary/aromatic N) is 2. The van der Waals surface area contributed by atoms with Crippen molar-refractivity contribution in [1.29, 1.82) is 0 Å². The SMILES string of the molecule is C=CCOc1ccc(C2=NN3[C@@H](C2)c2cc(Br)ccc2O[C@H]3c2ccc(OCCCCC)cc2)cc1. The number of unbranched alkanes of at least 4 members (excludes halogenated alkanes) is 2. The van der Waals surface area contributed by atoms with Crippen LogP contribution in [0.25, 0.3) is 0 Å². The lowest BCUT2D eigenvalue weighted by Gasteiger charge is -2.38. The Balaban J connectivity index is 1.41.